The summed E-state index contributed by atoms with van der Waals surface area (Å²) in [4.78, 5) is 3.78. The van der Waals surface area contributed by atoms with E-state index in [1.54, 1.807) is 0 Å². The molecule has 8 aromatic carbocycles. The highest BCUT2D eigenvalue weighted by molar-refractivity contribution is 8.00. The Hall–Kier alpha value is -6.61. The van der Waals surface area contributed by atoms with Gasteiger partial charge >= 0.3 is 0 Å². The fraction of sp³-hybridized carbons (Fsp3) is 0.0545. The zero-order valence-corrected chi connectivity index (χ0v) is 32.2. The van der Waals surface area contributed by atoms with Gasteiger partial charge in [0.2, 0.25) is 0 Å². The van der Waals surface area contributed by atoms with Crippen molar-refractivity contribution in [3.63, 3.8) is 0 Å². The van der Waals surface area contributed by atoms with E-state index >= 15 is 0 Å². The first kappa shape index (κ1) is 33.7. The van der Waals surface area contributed by atoms with Crippen LogP contribution in [0.15, 0.2) is 223 Å². The summed E-state index contributed by atoms with van der Waals surface area (Å²) < 4.78 is 0. The second-order valence-electron chi connectivity index (χ2n) is 15.1. The van der Waals surface area contributed by atoms with Crippen molar-refractivity contribution in [1.82, 2.24) is 0 Å². The third-order valence-electron chi connectivity index (χ3n) is 12.1. The lowest BCUT2D eigenvalue weighted by molar-refractivity contribution is 0.768. The van der Waals surface area contributed by atoms with Gasteiger partial charge in [-0.05, 0) is 110 Å². The highest BCUT2D eigenvalue weighted by Crippen LogP contribution is 2.56. The highest BCUT2D eigenvalue weighted by atomic mass is 32.2. The molecule has 1 atom stereocenters. The van der Waals surface area contributed by atoms with E-state index in [1.807, 2.05) is 11.8 Å². The number of thioether (sulfide) groups is 1. The molecule has 2 heteroatoms. The lowest BCUT2D eigenvalue weighted by Crippen LogP contribution is -2.28. The topological polar surface area (TPSA) is 3.24 Å². The van der Waals surface area contributed by atoms with Gasteiger partial charge in [-0.3, -0.25) is 0 Å². The maximum absolute atomic E-state index is 2.39. The monoisotopic (exact) mass is 745 g/mol. The molecule has 0 saturated heterocycles. The van der Waals surface area contributed by atoms with Gasteiger partial charge in [0.15, 0.2) is 0 Å². The van der Waals surface area contributed by atoms with Crippen molar-refractivity contribution >= 4 is 34.4 Å². The fourth-order valence-corrected chi connectivity index (χ4v) is 10.9. The van der Waals surface area contributed by atoms with Crippen molar-refractivity contribution in [2.75, 3.05) is 4.90 Å². The number of hydrogen-bond donors (Lipinski definition) is 0. The van der Waals surface area contributed by atoms with Gasteiger partial charge < -0.3 is 4.90 Å². The molecule has 1 aliphatic heterocycles. The molecule has 11 rings (SSSR count). The summed E-state index contributed by atoms with van der Waals surface area (Å²) in [6.45, 7) is 0. The minimum absolute atomic E-state index is 0.437. The number of nitrogens with zero attached hydrogens (tertiary/aromatic N) is 1. The summed E-state index contributed by atoms with van der Waals surface area (Å²) in [5, 5.41) is 0.509. The summed E-state index contributed by atoms with van der Waals surface area (Å²) in [7, 11) is 0. The number of fused-ring (bicyclic) bond motifs is 6. The van der Waals surface area contributed by atoms with Crippen molar-refractivity contribution in [3.8, 4) is 33.4 Å². The minimum atomic E-state index is -0.437. The molecule has 0 radical (unpaired) electrons. The van der Waals surface area contributed by atoms with Crippen LogP contribution in [0.2, 0.25) is 0 Å². The molecule has 0 saturated carbocycles. The van der Waals surface area contributed by atoms with E-state index in [0.717, 1.165) is 23.5 Å². The first-order chi connectivity index (χ1) is 28.3. The third-order valence-corrected chi connectivity index (χ3v) is 13.4. The average Bonchev–Trinajstić information content (AvgIpc) is 3.82. The van der Waals surface area contributed by atoms with Gasteiger partial charge in [0, 0.05) is 32.8 Å². The van der Waals surface area contributed by atoms with E-state index in [4.69, 9.17) is 0 Å². The molecule has 57 heavy (non-hydrogen) atoms. The molecule has 0 amide bonds. The van der Waals surface area contributed by atoms with E-state index in [0.29, 0.717) is 5.25 Å². The zero-order chi connectivity index (χ0) is 37.8. The SMILES string of the molecule is C1=CCC2Sc3cccc(-c4ccc(N(c5ccc(-c6ccccc6)cc5)c5ccc(C6(c7ccccc7)c7ccccc7-c7ccccc76)cc5)cc4)c3C2=C1. The Kier molecular flexibility index (Phi) is 8.19. The largest absolute Gasteiger partial charge is 0.311 e. The predicted molar refractivity (Wildman–Crippen MR) is 241 cm³/mol. The molecule has 270 valence electrons. The Balaban J connectivity index is 1.03. The third kappa shape index (κ3) is 5.47. The van der Waals surface area contributed by atoms with Gasteiger partial charge in [-0.15, -0.1) is 11.8 Å². The summed E-state index contributed by atoms with van der Waals surface area (Å²) in [5.41, 5.74) is 18.5. The number of allylic oxidation sites excluding steroid dienone is 3. The molecule has 0 spiro atoms. The first-order valence-electron chi connectivity index (χ1n) is 19.9. The van der Waals surface area contributed by atoms with E-state index in [1.165, 1.54) is 71.7 Å². The Labute approximate surface area is 339 Å². The van der Waals surface area contributed by atoms with Crippen molar-refractivity contribution < 1.29 is 0 Å². The predicted octanol–water partition coefficient (Wildman–Crippen LogP) is 14.7. The zero-order valence-electron chi connectivity index (χ0n) is 31.4. The van der Waals surface area contributed by atoms with Crippen LogP contribution in [-0.4, -0.2) is 5.25 Å². The van der Waals surface area contributed by atoms with Crippen LogP contribution in [0.5, 0.6) is 0 Å². The number of anilines is 3. The van der Waals surface area contributed by atoms with Gasteiger partial charge in [-0.1, -0.05) is 176 Å². The quantitative estimate of drug-likeness (QED) is 0.160. The molecule has 2 aliphatic carbocycles. The molecule has 3 aliphatic rings. The smallest absolute Gasteiger partial charge is 0.0713 e. The maximum atomic E-state index is 2.39. The lowest BCUT2D eigenvalue weighted by atomic mass is 9.68. The first-order valence-corrected chi connectivity index (χ1v) is 20.7. The Bertz CT molecular complexity index is 2770. The molecule has 0 aromatic heterocycles. The molecular weight excluding hydrogens is 707 g/mol. The second-order valence-corrected chi connectivity index (χ2v) is 16.4. The van der Waals surface area contributed by atoms with Crippen LogP contribution in [0.4, 0.5) is 17.1 Å². The number of hydrogen-bond acceptors (Lipinski definition) is 2. The van der Waals surface area contributed by atoms with Gasteiger partial charge in [-0.2, -0.15) is 0 Å². The van der Waals surface area contributed by atoms with Crippen LogP contribution >= 0.6 is 11.8 Å². The van der Waals surface area contributed by atoms with Crippen LogP contribution in [0.3, 0.4) is 0 Å². The summed E-state index contributed by atoms with van der Waals surface area (Å²) in [6, 6.07) is 73.9. The second kappa shape index (κ2) is 13.8. The number of rotatable bonds is 7. The fourth-order valence-electron chi connectivity index (χ4n) is 9.53. The Morgan fingerprint density at radius 1 is 0.439 bits per heavy atom. The van der Waals surface area contributed by atoms with Crippen LogP contribution in [0.25, 0.3) is 39.0 Å². The van der Waals surface area contributed by atoms with Crippen LogP contribution < -0.4 is 4.90 Å². The lowest BCUT2D eigenvalue weighted by Gasteiger charge is -2.34. The van der Waals surface area contributed by atoms with E-state index in [9.17, 15) is 0 Å². The van der Waals surface area contributed by atoms with Crippen molar-refractivity contribution in [2.45, 2.75) is 22.0 Å². The molecule has 0 fully saturated rings. The molecule has 0 bridgehead atoms. The molecular formula is C55H39NS. The Morgan fingerprint density at radius 2 is 0.947 bits per heavy atom. The minimum Gasteiger partial charge on any atom is -0.311 e. The van der Waals surface area contributed by atoms with Crippen molar-refractivity contribution in [2.24, 2.45) is 0 Å². The van der Waals surface area contributed by atoms with Crippen molar-refractivity contribution in [1.29, 1.82) is 0 Å². The van der Waals surface area contributed by atoms with Crippen molar-refractivity contribution in [3.05, 3.63) is 246 Å². The van der Waals surface area contributed by atoms with Gasteiger partial charge in [-0.25, -0.2) is 0 Å². The van der Waals surface area contributed by atoms with Gasteiger partial charge in [0.1, 0.15) is 0 Å². The molecule has 1 heterocycles. The van der Waals surface area contributed by atoms with Crippen LogP contribution in [-0.2, 0) is 5.41 Å². The highest BCUT2D eigenvalue weighted by Gasteiger charge is 2.45. The maximum Gasteiger partial charge on any atom is 0.0713 e. The Morgan fingerprint density at radius 3 is 1.60 bits per heavy atom. The van der Waals surface area contributed by atoms with Gasteiger partial charge in [0.05, 0.1) is 5.41 Å². The van der Waals surface area contributed by atoms with Gasteiger partial charge in [0.25, 0.3) is 0 Å². The van der Waals surface area contributed by atoms with Crippen LogP contribution in [0, 0.1) is 0 Å². The van der Waals surface area contributed by atoms with E-state index in [-0.39, 0.29) is 0 Å². The molecule has 1 unspecified atom stereocenters. The normalized spacial score (nSPS) is 15.6. The molecule has 0 N–H and O–H groups in total. The molecule has 8 aromatic rings. The number of benzene rings is 8. The van der Waals surface area contributed by atoms with E-state index < -0.39 is 5.41 Å². The molecule has 1 nitrogen and oxygen atoms in total. The summed E-state index contributed by atoms with van der Waals surface area (Å²) in [5.74, 6) is 0. The average molecular weight is 746 g/mol. The summed E-state index contributed by atoms with van der Waals surface area (Å²) >= 11 is 2.00. The summed E-state index contributed by atoms with van der Waals surface area (Å²) in [6.07, 6.45) is 7.92. The van der Waals surface area contributed by atoms with E-state index in [2.05, 4.69) is 223 Å². The standard InChI is InChI=1S/C55H39NS/c1-3-14-38(15-4-1)39-26-32-43(33-27-39)56(44-34-28-40(29-35-44)46-21-13-25-53-54(46)49-20-9-12-24-52(49)57-53)45-36-30-42(31-37-45)55(41-16-5-2-6-17-41)50-22-10-7-18-47(50)48-19-8-11-23-51(48)55/h1-23,25-37,52H,24H2. The van der Waals surface area contributed by atoms with Crippen LogP contribution in [0.1, 0.15) is 34.2 Å².